The molecule has 0 atom stereocenters. The zero-order valence-corrected chi connectivity index (χ0v) is 12.1. The fourth-order valence-electron chi connectivity index (χ4n) is 1.64. The SMILES string of the molecule is CSc1c(N)nsc1NCc1cccc(C(F)(F)F)c1. The number of alkyl halides is 3. The van der Waals surface area contributed by atoms with Gasteiger partial charge in [-0.25, -0.2) is 0 Å². The van der Waals surface area contributed by atoms with Gasteiger partial charge in [-0.15, -0.1) is 11.8 Å². The van der Waals surface area contributed by atoms with Gasteiger partial charge >= 0.3 is 6.18 Å². The normalized spacial score (nSPS) is 11.6. The van der Waals surface area contributed by atoms with Gasteiger partial charge in [-0.2, -0.15) is 17.5 Å². The number of nitrogens with zero attached hydrogens (tertiary/aromatic N) is 1. The highest BCUT2D eigenvalue weighted by atomic mass is 32.2. The summed E-state index contributed by atoms with van der Waals surface area (Å²) in [7, 11) is 0. The lowest BCUT2D eigenvalue weighted by Crippen LogP contribution is -2.06. The molecule has 3 N–H and O–H groups in total. The monoisotopic (exact) mass is 319 g/mol. The van der Waals surface area contributed by atoms with Gasteiger partial charge in [0.2, 0.25) is 0 Å². The van der Waals surface area contributed by atoms with E-state index in [1.165, 1.54) is 29.4 Å². The van der Waals surface area contributed by atoms with Gasteiger partial charge in [0.15, 0.2) is 5.82 Å². The van der Waals surface area contributed by atoms with Crippen LogP contribution in [0, 0.1) is 0 Å². The third kappa shape index (κ3) is 3.37. The number of anilines is 2. The van der Waals surface area contributed by atoms with Crippen molar-refractivity contribution in [2.24, 2.45) is 0 Å². The van der Waals surface area contributed by atoms with E-state index in [0.717, 1.165) is 22.0 Å². The van der Waals surface area contributed by atoms with Crippen LogP contribution in [0.4, 0.5) is 24.0 Å². The molecule has 1 aromatic heterocycles. The maximum atomic E-state index is 12.6. The van der Waals surface area contributed by atoms with Gasteiger partial charge in [0.05, 0.1) is 10.5 Å². The number of nitrogens with two attached hydrogens (primary N) is 1. The minimum absolute atomic E-state index is 0.291. The molecule has 0 saturated carbocycles. The lowest BCUT2D eigenvalue weighted by atomic mass is 10.1. The first-order valence-electron chi connectivity index (χ1n) is 5.61. The van der Waals surface area contributed by atoms with Crippen molar-refractivity contribution >= 4 is 34.1 Å². The Balaban J connectivity index is 2.11. The predicted octanol–water partition coefficient (Wildman–Crippen LogP) is 4.08. The molecular formula is C12H12F3N3S2. The minimum atomic E-state index is -4.32. The Kier molecular flexibility index (Phi) is 4.44. The molecule has 108 valence electrons. The van der Waals surface area contributed by atoms with Crippen LogP contribution in [0.15, 0.2) is 29.2 Å². The van der Waals surface area contributed by atoms with Crippen LogP contribution in [0.3, 0.4) is 0 Å². The molecule has 0 amide bonds. The molecular weight excluding hydrogens is 307 g/mol. The summed E-state index contributed by atoms with van der Waals surface area (Å²) in [5, 5.41) is 3.84. The molecule has 0 aliphatic rings. The van der Waals surface area contributed by atoms with Crippen LogP contribution in [-0.4, -0.2) is 10.6 Å². The third-order valence-electron chi connectivity index (χ3n) is 2.59. The van der Waals surface area contributed by atoms with E-state index in [1.807, 2.05) is 6.26 Å². The zero-order valence-electron chi connectivity index (χ0n) is 10.5. The van der Waals surface area contributed by atoms with E-state index in [-0.39, 0.29) is 0 Å². The molecule has 0 radical (unpaired) electrons. The Morgan fingerprint density at radius 2 is 2.15 bits per heavy atom. The van der Waals surface area contributed by atoms with Crippen LogP contribution >= 0.6 is 23.3 Å². The van der Waals surface area contributed by atoms with E-state index in [2.05, 4.69) is 9.69 Å². The van der Waals surface area contributed by atoms with E-state index in [1.54, 1.807) is 6.07 Å². The number of nitrogen functional groups attached to an aromatic ring is 1. The molecule has 2 rings (SSSR count). The van der Waals surface area contributed by atoms with Crippen molar-refractivity contribution in [2.75, 3.05) is 17.3 Å². The second kappa shape index (κ2) is 5.92. The average molecular weight is 319 g/mol. The van der Waals surface area contributed by atoms with Crippen molar-refractivity contribution in [1.29, 1.82) is 0 Å². The van der Waals surface area contributed by atoms with Crippen molar-refractivity contribution < 1.29 is 13.2 Å². The quantitative estimate of drug-likeness (QED) is 0.834. The van der Waals surface area contributed by atoms with Gasteiger partial charge in [0.25, 0.3) is 0 Å². The molecule has 0 aliphatic heterocycles. The smallest absolute Gasteiger partial charge is 0.382 e. The minimum Gasteiger partial charge on any atom is -0.382 e. The van der Waals surface area contributed by atoms with Crippen molar-refractivity contribution in [3.05, 3.63) is 35.4 Å². The standard InChI is InChI=1S/C12H12F3N3S2/c1-19-9-10(16)18-20-11(9)17-6-7-3-2-4-8(5-7)12(13,14)15/h2-5,17H,6H2,1H3,(H2,16,18). The number of benzene rings is 1. The van der Waals surface area contributed by atoms with Gasteiger partial charge in [-0.05, 0) is 35.5 Å². The highest BCUT2D eigenvalue weighted by molar-refractivity contribution is 7.99. The van der Waals surface area contributed by atoms with E-state index in [0.29, 0.717) is 17.9 Å². The number of thioether (sulfide) groups is 1. The molecule has 0 aliphatic carbocycles. The van der Waals surface area contributed by atoms with Crippen LogP contribution in [0.25, 0.3) is 0 Å². The summed E-state index contributed by atoms with van der Waals surface area (Å²) in [5.74, 6) is 0.439. The first-order valence-corrected chi connectivity index (χ1v) is 7.60. The first-order chi connectivity index (χ1) is 9.41. The summed E-state index contributed by atoms with van der Waals surface area (Å²) in [6.45, 7) is 0.291. The number of rotatable bonds is 4. The van der Waals surface area contributed by atoms with E-state index < -0.39 is 11.7 Å². The highest BCUT2D eigenvalue weighted by Crippen LogP contribution is 2.35. The van der Waals surface area contributed by atoms with Crippen LogP contribution in [-0.2, 0) is 12.7 Å². The lowest BCUT2D eigenvalue weighted by molar-refractivity contribution is -0.137. The molecule has 1 aromatic carbocycles. The molecule has 8 heteroatoms. The van der Waals surface area contributed by atoms with E-state index in [9.17, 15) is 13.2 Å². The fraction of sp³-hybridized carbons (Fsp3) is 0.250. The van der Waals surface area contributed by atoms with Gasteiger partial charge < -0.3 is 11.1 Å². The fourth-order valence-corrected chi connectivity index (χ4v) is 3.18. The Hall–Kier alpha value is -1.41. The van der Waals surface area contributed by atoms with Gasteiger partial charge in [0.1, 0.15) is 5.00 Å². The summed E-state index contributed by atoms with van der Waals surface area (Å²) in [6, 6.07) is 5.24. The molecule has 0 saturated heterocycles. The van der Waals surface area contributed by atoms with Crippen LogP contribution in [0.5, 0.6) is 0 Å². The summed E-state index contributed by atoms with van der Waals surface area (Å²) in [4.78, 5) is 0.821. The number of aromatic nitrogens is 1. The summed E-state index contributed by atoms with van der Waals surface area (Å²) in [6.07, 6.45) is -2.45. The molecule has 0 bridgehead atoms. The lowest BCUT2D eigenvalue weighted by Gasteiger charge is -2.10. The van der Waals surface area contributed by atoms with Crippen molar-refractivity contribution in [3.8, 4) is 0 Å². The summed E-state index contributed by atoms with van der Waals surface area (Å²) >= 11 is 2.65. The summed E-state index contributed by atoms with van der Waals surface area (Å²) in [5.41, 5.74) is 5.60. The Labute approximate surface area is 122 Å². The van der Waals surface area contributed by atoms with Crippen LogP contribution in [0.1, 0.15) is 11.1 Å². The van der Waals surface area contributed by atoms with Crippen molar-refractivity contribution in [1.82, 2.24) is 4.37 Å². The molecule has 3 nitrogen and oxygen atoms in total. The molecule has 2 aromatic rings. The van der Waals surface area contributed by atoms with Gasteiger partial charge in [-0.1, -0.05) is 12.1 Å². The predicted molar refractivity (Wildman–Crippen MR) is 77.1 cm³/mol. The maximum absolute atomic E-state index is 12.6. The number of hydrogen-bond donors (Lipinski definition) is 2. The second-order valence-corrected chi connectivity index (χ2v) is 5.57. The molecule has 20 heavy (non-hydrogen) atoms. The van der Waals surface area contributed by atoms with E-state index >= 15 is 0 Å². The first kappa shape index (κ1) is 15.0. The topological polar surface area (TPSA) is 50.9 Å². The molecule has 0 spiro atoms. The number of nitrogens with one attached hydrogen (secondary N) is 1. The Morgan fingerprint density at radius 3 is 2.80 bits per heavy atom. The van der Waals surface area contributed by atoms with Crippen molar-refractivity contribution in [2.45, 2.75) is 17.6 Å². The molecule has 0 unspecified atom stereocenters. The Morgan fingerprint density at radius 1 is 1.40 bits per heavy atom. The van der Waals surface area contributed by atoms with Crippen LogP contribution in [0.2, 0.25) is 0 Å². The third-order valence-corrected chi connectivity index (χ3v) is 4.36. The molecule has 1 heterocycles. The Bertz CT molecular complexity index is 596. The van der Waals surface area contributed by atoms with Crippen LogP contribution < -0.4 is 11.1 Å². The summed E-state index contributed by atoms with van der Waals surface area (Å²) < 4.78 is 41.8. The maximum Gasteiger partial charge on any atom is 0.416 e. The van der Waals surface area contributed by atoms with Crippen molar-refractivity contribution in [3.63, 3.8) is 0 Å². The van der Waals surface area contributed by atoms with E-state index in [4.69, 9.17) is 5.73 Å². The largest absolute Gasteiger partial charge is 0.416 e. The number of hydrogen-bond acceptors (Lipinski definition) is 5. The van der Waals surface area contributed by atoms with Gasteiger partial charge in [-0.3, -0.25) is 0 Å². The van der Waals surface area contributed by atoms with Gasteiger partial charge in [0, 0.05) is 6.54 Å². The zero-order chi connectivity index (χ0) is 14.8. The second-order valence-electron chi connectivity index (χ2n) is 3.98. The molecule has 0 fully saturated rings. The average Bonchev–Trinajstić information content (AvgIpc) is 2.76. The highest BCUT2D eigenvalue weighted by Gasteiger charge is 2.30. The number of halogens is 3.